The fourth-order valence-electron chi connectivity index (χ4n) is 2.88. The van der Waals surface area contributed by atoms with Gasteiger partial charge in [0.15, 0.2) is 0 Å². The number of carbonyl (C=O) groups is 1. The Bertz CT molecular complexity index is 1270. The molecule has 1 N–H and O–H groups in total. The number of rotatable bonds is 6. The Kier molecular flexibility index (Phi) is 6.67. The van der Waals surface area contributed by atoms with E-state index in [0.717, 1.165) is 9.25 Å². The van der Waals surface area contributed by atoms with Crippen LogP contribution in [0.2, 0.25) is 10.0 Å². The van der Waals surface area contributed by atoms with Gasteiger partial charge in [-0.15, -0.1) is 5.10 Å². The highest BCUT2D eigenvalue weighted by atomic mass is 35.5. The third-order valence-corrected chi connectivity index (χ3v) is 4.87. The monoisotopic (exact) mass is 464 g/mol. The van der Waals surface area contributed by atoms with E-state index in [0.29, 0.717) is 16.3 Å². The second-order valence-electron chi connectivity index (χ2n) is 6.40. The molecule has 31 heavy (non-hydrogen) atoms. The van der Waals surface area contributed by atoms with E-state index < -0.39 is 11.2 Å². The molecule has 0 spiro atoms. The van der Waals surface area contributed by atoms with E-state index in [1.165, 1.54) is 39.3 Å². The van der Waals surface area contributed by atoms with Gasteiger partial charge in [0.2, 0.25) is 5.91 Å². The summed E-state index contributed by atoms with van der Waals surface area (Å²) in [4.78, 5) is 37.4. The van der Waals surface area contributed by atoms with E-state index in [9.17, 15) is 14.4 Å². The highest BCUT2D eigenvalue weighted by Crippen LogP contribution is 2.25. The summed E-state index contributed by atoms with van der Waals surface area (Å²) in [6.45, 7) is 1.22. The van der Waals surface area contributed by atoms with E-state index in [2.05, 4.69) is 10.4 Å². The van der Waals surface area contributed by atoms with E-state index in [1.54, 1.807) is 18.2 Å². The summed E-state index contributed by atoms with van der Waals surface area (Å²) < 4.78 is 12.3. The van der Waals surface area contributed by atoms with Crippen molar-refractivity contribution in [1.82, 2.24) is 14.3 Å². The maximum Gasteiger partial charge on any atom is 0.352 e. The third kappa shape index (κ3) is 4.73. The molecule has 0 fully saturated rings. The molecule has 9 nitrogen and oxygen atoms in total. The Morgan fingerprint density at radius 2 is 1.84 bits per heavy atom. The van der Waals surface area contributed by atoms with Gasteiger partial charge in [-0.2, -0.15) is 4.68 Å². The molecular formula is C20H18Cl2N4O5. The van der Waals surface area contributed by atoms with Crippen molar-refractivity contribution in [2.75, 3.05) is 19.5 Å². The minimum Gasteiger partial charge on any atom is -0.496 e. The predicted molar refractivity (Wildman–Crippen MR) is 117 cm³/mol. The van der Waals surface area contributed by atoms with Gasteiger partial charge in [0.1, 0.15) is 5.75 Å². The van der Waals surface area contributed by atoms with Crippen molar-refractivity contribution < 1.29 is 14.3 Å². The first-order valence-electron chi connectivity index (χ1n) is 8.93. The van der Waals surface area contributed by atoms with Crippen LogP contribution in [0.15, 0.2) is 46.0 Å². The zero-order chi connectivity index (χ0) is 22.7. The molecule has 162 valence electrons. The number of nitrogens with one attached hydrogen (secondary N) is 1. The van der Waals surface area contributed by atoms with Crippen LogP contribution in [0.25, 0.3) is 5.69 Å². The van der Waals surface area contributed by atoms with Crippen molar-refractivity contribution in [3.8, 4) is 17.3 Å². The van der Waals surface area contributed by atoms with Gasteiger partial charge in [-0.1, -0.05) is 29.3 Å². The smallest absolute Gasteiger partial charge is 0.352 e. The number of amides is 1. The van der Waals surface area contributed by atoms with E-state index in [1.807, 2.05) is 0 Å². The molecule has 0 unspecified atom stereocenters. The molecule has 1 aromatic heterocycles. The summed E-state index contributed by atoms with van der Waals surface area (Å²) in [6.07, 6.45) is 0. The van der Waals surface area contributed by atoms with Crippen molar-refractivity contribution in [3.63, 3.8) is 0 Å². The number of methoxy groups -OCH3 is 2. The van der Waals surface area contributed by atoms with Crippen LogP contribution in [0.1, 0.15) is 12.5 Å². The zero-order valence-electron chi connectivity index (χ0n) is 16.8. The van der Waals surface area contributed by atoms with Gasteiger partial charge in [0.05, 0.1) is 37.2 Å². The number of ether oxygens (including phenoxy) is 2. The molecule has 0 aliphatic rings. The normalized spacial score (nSPS) is 10.6. The summed E-state index contributed by atoms with van der Waals surface area (Å²) in [5, 5.41) is 7.31. The highest BCUT2D eigenvalue weighted by Gasteiger charge is 2.18. The summed E-state index contributed by atoms with van der Waals surface area (Å²) in [7, 11) is 2.73. The Morgan fingerprint density at radius 1 is 1.10 bits per heavy atom. The van der Waals surface area contributed by atoms with Crippen molar-refractivity contribution >= 4 is 34.8 Å². The molecule has 11 heteroatoms. The molecule has 1 heterocycles. The molecule has 0 aliphatic carbocycles. The summed E-state index contributed by atoms with van der Waals surface area (Å²) in [6, 6.07) is 9.36. The van der Waals surface area contributed by atoms with Gasteiger partial charge in [0, 0.05) is 17.5 Å². The van der Waals surface area contributed by atoms with Crippen LogP contribution in [0, 0.1) is 0 Å². The van der Waals surface area contributed by atoms with Crippen LogP contribution in [0.5, 0.6) is 11.6 Å². The fraction of sp³-hybridized carbons (Fsp3) is 0.200. The lowest BCUT2D eigenvalue weighted by Crippen LogP contribution is -2.41. The van der Waals surface area contributed by atoms with E-state index >= 15 is 0 Å². The lowest BCUT2D eigenvalue weighted by atomic mass is 10.2. The van der Waals surface area contributed by atoms with Gasteiger partial charge in [-0.05, 0) is 30.3 Å². The molecule has 0 saturated carbocycles. The van der Waals surface area contributed by atoms with Crippen molar-refractivity contribution in [1.29, 1.82) is 0 Å². The van der Waals surface area contributed by atoms with E-state index in [-0.39, 0.29) is 34.7 Å². The van der Waals surface area contributed by atoms with Crippen molar-refractivity contribution in [3.05, 3.63) is 72.8 Å². The highest BCUT2D eigenvalue weighted by molar-refractivity contribution is 6.33. The number of hydrogen-bond donors (Lipinski definition) is 1. The van der Waals surface area contributed by atoms with Crippen LogP contribution in [-0.2, 0) is 11.3 Å². The number of benzene rings is 2. The van der Waals surface area contributed by atoms with Gasteiger partial charge in [-0.3, -0.25) is 9.59 Å². The molecule has 0 saturated heterocycles. The van der Waals surface area contributed by atoms with Crippen molar-refractivity contribution in [2.24, 2.45) is 0 Å². The average molecular weight is 465 g/mol. The number of nitrogens with zero attached hydrogens (tertiary/aromatic N) is 3. The topological polar surface area (TPSA) is 104 Å². The number of halogens is 2. The maximum absolute atomic E-state index is 13.2. The Hall–Kier alpha value is -3.30. The number of aromatic nitrogens is 3. The van der Waals surface area contributed by atoms with Crippen LogP contribution in [0.3, 0.4) is 0 Å². The molecule has 1 amide bonds. The lowest BCUT2D eigenvalue weighted by Gasteiger charge is -2.14. The van der Waals surface area contributed by atoms with Gasteiger partial charge >= 0.3 is 11.2 Å². The average Bonchev–Trinajstić information content (AvgIpc) is 2.73. The fourth-order valence-corrected chi connectivity index (χ4v) is 3.21. The molecule has 0 atom stereocenters. The Labute approximate surface area is 186 Å². The summed E-state index contributed by atoms with van der Waals surface area (Å²) >= 11 is 12.1. The molecule has 0 bridgehead atoms. The van der Waals surface area contributed by atoms with Crippen LogP contribution in [-0.4, -0.2) is 34.5 Å². The second kappa shape index (κ2) is 9.23. The number of hydrogen-bond acceptors (Lipinski definition) is 6. The largest absolute Gasteiger partial charge is 0.496 e. The van der Waals surface area contributed by atoms with E-state index in [4.69, 9.17) is 32.7 Å². The minimum atomic E-state index is -0.723. The van der Waals surface area contributed by atoms with Gasteiger partial charge in [0.25, 0.3) is 5.88 Å². The molecule has 0 radical (unpaired) electrons. The third-order valence-electron chi connectivity index (χ3n) is 4.31. The standard InChI is InChI=1S/C20H18Cl2N4O5/c1-11(27)23-16-9-14(6-7-15(16)22)26-20(29)25(19(28)18(24-26)31-3)10-12-4-5-13(21)8-17(12)30-2/h4-9H,10H2,1-3H3,(H,23,27). The van der Waals surface area contributed by atoms with Crippen LogP contribution < -0.4 is 26.0 Å². The minimum absolute atomic E-state index is 0.108. The predicted octanol–water partition coefficient (Wildman–Crippen LogP) is 2.72. The quantitative estimate of drug-likeness (QED) is 0.601. The van der Waals surface area contributed by atoms with Crippen molar-refractivity contribution in [2.45, 2.75) is 13.5 Å². The SMILES string of the molecule is COc1cc(Cl)ccc1Cn1c(=O)c(OC)nn(-c2ccc(Cl)c(NC(C)=O)c2)c1=O. The zero-order valence-corrected chi connectivity index (χ0v) is 18.3. The summed E-state index contributed by atoms with van der Waals surface area (Å²) in [5.74, 6) is -0.208. The molecular weight excluding hydrogens is 447 g/mol. The van der Waals surface area contributed by atoms with Gasteiger partial charge < -0.3 is 14.8 Å². The summed E-state index contributed by atoms with van der Waals surface area (Å²) in [5.41, 5.74) is -0.318. The first-order chi connectivity index (χ1) is 14.7. The Balaban J connectivity index is 2.18. The second-order valence-corrected chi connectivity index (χ2v) is 7.24. The molecule has 2 aromatic carbocycles. The maximum atomic E-state index is 13.2. The van der Waals surface area contributed by atoms with Gasteiger partial charge in [-0.25, -0.2) is 9.36 Å². The van der Waals surface area contributed by atoms with Crippen LogP contribution in [0.4, 0.5) is 5.69 Å². The molecule has 3 aromatic rings. The lowest BCUT2D eigenvalue weighted by molar-refractivity contribution is -0.114. The van der Waals surface area contributed by atoms with Crippen LogP contribution >= 0.6 is 23.2 Å². The first-order valence-corrected chi connectivity index (χ1v) is 9.68. The number of anilines is 1. The molecule has 0 aliphatic heterocycles. The molecule has 3 rings (SSSR count). The first kappa shape index (κ1) is 22.4. The number of carbonyl (C=O) groups excluding carboxylic acids is 1. The Morgan fingerprint density at radius 3 is 2.48 bits per heavy atom.